The molecular weight excluding hydrogens is 432 g/mol. The summed E-state index contributed by atoms with van der Waals surface area (Å²) >= 11 is 0. The van der Waals surface area contributed by atoms with Gasteiger partial charge in [0.25, 0.3) is 0 Å². The minimum Gasteiger partial charge on any atom is -0.444 e. The van der Waals surface area contributed by atoms with E-state index in [9.17, 15) is 18.0 Å². The molecule has 2 aromatic heterocycles. The number of hydrogen-bond acceptors (Lipinski definition) is 8. The molecule has 1 amide bonds. The van der Waals surface area contributed by atoms with Gasteiger partial charge in [0.15, 0.2) is 0 Å². The molecule has 0 radical (unpaired) electrons. The van der Waals surface area contributed by atoms with Gasteiger partial charge in [0.1, 0.15) is 11.3 Å². The summed E-state index contributed by atoms with van der Waals surface area (Å²) in [6.07, 6.45) is 6.59. The lowest BCUT2D eigenvalue weighted by Gasteiger charge is -2.33. The molecule has 0 spiro atoms. The second-order valence-corrected chi connectivity index (χ2v) is 10.6. The Morgan fingerprint density at radius 1 is 1.09 bits per heavy atom. The van der Waals surface area contributed by atoms with Crippen molar-refractivity contribution in [2.24, 2.45) is 5.92 Å². The topological polar surface area (TPSA) is 119 Å². The Labute approximate surface area is 187 Å². The van der Waals surface area contributed by atoms with Crippen LogP contribution in [0.25, 0.3) is 5.57 Å². The number of carbonyl (C=O) groups is 2. The van der Waals surface area contributed by atoms with Crippen LogP contribution in [0.2, 0.25) is 0 Å². The average Bonchev–Trinajstić information content (AvgIpc) is 2.71. The molecule has 1 atom stereocenters. The molecule has 1 unspecified atom stereocenters. The van der Waals surface area contributed by atoms with Crippen LogP contribution in [-0.4, -0.2) is 65.1 Å². The molecule has 2 aromatic rings. The van der Waals surface area contributed by atoms with Crippen LogP contribution < -0.4 is 0 Å². The number of ketones is 1. The maximum atomic E-state index is 12.6. The van der Waals surface area contributed by atoms with Crippen LogP contribution in [0.15, 0.2) is 42.0 Å². The molecule has 10 heteroatoms. The fourth-order valence-corrected chi connectivity index (χ4v) is 3.75. The number of ether oxygens (including phenoxy) is 1. The van der Waals surface area contributed by atoms with E-state index in [1.54, 1.807) is 23.2 Å². The van der Waals surface area contributed by atoms with Crippen molar-refractivity contribution in [3.05, 3.63) is 53.6 Å². The fraction of sp³-hybridized carbons (Fsp3) is 0.409. The lowest BCUT2D eigenvalue weighted by molar-refractivity contribution is 0.0251. The van der Waals surface area contributed by atoms with Crippen LogP contribution in [0.5, 0.6) is 0 Å². The lowest BCUT2D eigenvalue weighted by Crippen LogP contribution is -2.41. The molecule has 1 aliphatic rings. The molecule has 1 aliphatic heterocycles. The van der Waals surface area contributed by atoms with Crippen LogP contribution in [-0.2, 0) is 14.6 Å². The minimum atomic E-state index is -3.54. The second-order valence-electron chi connectivity index (χ2n) is 8.73. The number of hydrogen-bond donors (Lipinski definition) is 0. The maximum Gasteiger partial charge on any atom is 0.410 e. The highest BCUT2D eigenvalue weighted by atomic mass is 32.2. The predicted molar refractivity (Wildman–Crippen MR) is 118 cm³/mol. The zero-order valence-corrected chi connectivity index (χ0v) is 19.5. The highest BCUT2D eigenvalue weighted by molar-refractivity contribution is 7.90. The van der Waals surface area contributed by atoms with Crippen molar-refractivity contribution in [1.82, 2.24) is 19.9 Å². The molecule has 0 saturated carbocycles. The minimum absolute atomic E-state index is 0.0663. The first-order valence-electron chi connectivity index (χ1n) is 10.1. The molecule has 0 saturated heterocycles. The van der Waals surface area contributed by atoms with E-state index in [4.69, 9.17) is 4.74 Å². The van der Waals surface area contributed by atoms with Crippen LogP contribution in [0.3, 0.4) is 0 Å². The number of rotatable bonds is 4. The molecule has 0 aliphatic carbocycles. The number of pyridine rings is 1. The molecule has 0 fully saturated rings. The van der Waals surface area contributed by atoms with Gasteiger partial charge in [-0.25, -0.2) is 23.2 Å². The highest BCUT2D eigenvalue weighted by Crippen LogP contribution is 2.28. The number of aromatic nitrogens is 3. The third-order valence-electron chi connectivity index (χ3n) is 4.76. The van der Waals surface area contributed by atoms with Gasteiger partial charge >= 0.3 is 6.09 Å². The summed E-state index contributed by atoms with van der Waals surface area (Å²) < 4.78 is 28.4. The van der Waals surface area contributed by atoms with E-state index in [2.05, 4.69) is 15.0 Å². The Kier molecular flexibility index (Phi) is 6.45. The van der Waals surface area contributed by atoms with Crippen molar-refractivity contribution < 1.29 is 22.7 Å². The zero-order valence-electron chi connectivity index (χ0n) is 18.7. The van der Waals surface area contributed by atoms with Crippen LogP contribution in [0.4, 0.5) is 4.79 Å². The van der Waals surface area contributed by atoms with Crippen molar-refractivity contribution in [3.8, 4) is 0 Å². The lowest BCUT2D eigenvalue weighted by atomic mass is 9.91. The molecule has 32 heavy (non-hydrogen) atoms. The van der Waals surface area contributed by atoms with Gasteiger partial charge in [-0.05, 0) is 43.9 Å². The smallest absolute Gasteiger partial charge is 0.410 e. The van der Waals surface area contributed by atoms with Crippen molar-refractivity contribution in [3.63, 3.8) is 0 Å². The second kappa shape index (κ2) is 8.78. The molecule has 170 valence electrons. The van der Waals surface area contributed by atoms with Crippen LogP contribution >= 0.6 is 0 Å². The largest absolute Gasteiger partial charge is 0.444 e. The van der Waals surface area contributed by atoms with E-state index in [1.165, 1.54) is 12.4 Å². The van der Waals surface area contributed by atoms with Crippen molar-refractivity contribution in [2.45, 2.75) is 38.5 Å². The SMILES string of the molecule is CC1CN(C(=O)OC(C)(C)C)CC=C1c1ccc(C(=O)c2cnc(S(C)(=O)=O)nc2)nc1. The van der Waals surface area contributed by atoms with Gasteiger partial charge in [-0.15, -0.1) is 0 Å². The summed E-state index contributed by atoms with van der Waals surface area (Å²) in [5.74, 6) is -0.338. The molecule has 0 aromatic carbocycles. The number of sulfone groups is 1. The van der Waals surface area contributed by atoms with Gasteiger partial charge in [0.2, 0.25) is 20.8 Å². The van der Waals surface area contributed by atoms with Gasteiger partial charge in [0, 0.05) is 37.9 Å². The Morgan fingerprint density at radius 3 is 2.25 bits per heavy atom. The Morgan fingerprint density at radius 2 is 1.75 bits per heavy atom. The van der Waals surface area contributed by atoms with E-state index in [1.807, 2.05) is 33.8 Å². The fourth-order valence-electron chi connectivity index (χ4n) is 3.26. The number of nitrogens with zero attached hydrogens (tertiary/aromatic N) is 4. The van der Waals surface area contributed by atoms with Crippen LogP contribution in [0.1, 0.15) is 49.3 Å². The third-order valence-corrected chi connectivity index (χ3v) is 5.63. The highest BCUT2D eigenvalue weighted by Gasteiger charge is 2.27. The first-order chi connectivity index (χ1) is 14.8. The molecule has 3 rings (SSSR count). The Bertz CT molecular complexity index is 1150. The maximum absolute atomic E-state index is 12.6. The molecule has 3 heterocycles. The zero-order chi connectivity index (χ0) is 23.7. The Balaban J connectivity index is 1.73. The molecule has 9 nitrogen and oxygen atoms in total. The van der Waals surface area contributed by atoms with E-state index in [-0.39, 0.29) is 28.4 Å². The van der Waals surface area contributed by atoms with Crippen molar-refractivity contribution in [2.75, 3.05) is 19.3 Å². The summed E-state index contributed by atoms with van der Waals surface area (Å²) in [4.78, 5) is 38.4. The summed E-state index contributed by atoms with van der Waals surface area (Å²) in [5, 5.41) is -0.337. The van der Waals surface area contributed by atoms with Gasteiger partial charge in [0.05, 0.1) is 5.56 Å². The quantitative estimate of drug-likeness (QED) is 0.507. The molecular formula is C22H26N4O5S. The molecule has 0 N–H and O–H groups in total. The normalized spacial score (nSPS) is 17.0. The summed E-state index contributed by atoms with van der Waals surface area (Å²) in [5.41, 5.74) is 1.70. The standard InChI is InChI=1S/C22H26N4O5S/c1-14-13-26(21(28)31-22(2,3)4)9-8-17(14)15-6-7-18(23-10-15)19(27)16-11-24-20(25-12-16)32(5,29)30/h6-8,10-12,14H,9,13H2,1-5H3. The van der Waals surface area contributed by atoms with Gasteiger partial charge in [-0.2, -0.15) is 0 Å². The summed E-state index contributed by atoms with van der Waals surface area (Å²) in [6.45, 7) is 8.47. The predicted octanol–water partition coefficient (Wildman–Crippen LogP) is 2.78. The average molecular weight is 459 g/mol. The van der Waals surface area contributed by atoms with Crippen molar-refractivity contribution >= 4 is 27.3 Å². The number of carbonyl (C=O) groups excluding carboxylic acids is 2. The van der Waals surface area contributed by atoms with Gasteiger partial charge < -0.3 is 9.64 Å². The van der Waals surface area contributed by atoms with Gasteiger partial charge in [-0.1, -0.05) is 19.1 Å². The molecule has 0 bridgehead atoms. The monoisotopic (exact) mass is 458 g/mol. The Hall–Kier alpha value is -3.14. The van der Waals surface area contributed by atoms with E-state index in [0.29, 0.717) is 13.1 Å². The summed E-state index contributed by atoms with van der Waals surface area (Å²) in [7, 11) is -3.54. The van der Waals surface area contributed by atoms with Crippen LogP contribution in [0, 0.1) is 5.92 Å². The third kappa shape index (κ3) is 5.56. The summed E-state index contributed by atoms with van der Waals surface area (Å²) in [6, 6.07) is 3.41. The first kappa shape index (κ1) is 23.5. The number of amides is 1. The first-order valence-corrected chi connectivity index (χ1v) is 12.0. The van der Waals surface area contributed by atoms with E-state index >= 15 is 0 Å². The van der Waals surface area contributed by atoms with E-state index in [0.717, 1.165) is 17.4 Å². The van der Waals surface area contributed by atoms with Gasteiger partial charge in [-0.3, -0.25) is 9.78 Å². The van der Waals surface area contributed by atoms with E-state index < -0.39 is 21.2 Å². The van der Waals surface area contributed by atoms with Crippen molar-refractivity contribution in [1.29, 1.82) is 0 Å².